The minimum atomic E-state index is -3.78. The van der Waals surface area contributed by atoms with Gasteiger partial charge < -0.3 is 47.4 Å². The molecule has 0 bridgehead atoms. The fraction of sp³-hybridized carbons (Fsp3) is 0.618. The number of benzene rings is 2. The summed E-state index contributed by atoms with van der Waals surface area (Å²) < 4.78 is 83.6. The summed E-state index contributed by atoms with van der Waals surface area (Å²) in [7, 11) is -3.78. The van der Waals surface area contributed by atoms with Gasteiger partial charge in [0.2, 0.25) is 0 Å². The fourth-order valence-electron chi connectivity index (χ4n) is 3.70. The van der Waals surface area contributed by atoms with Gasteiger partial charge in [0.05, 0.1) is 130 Å². The molecule has 14 nitrogen and oxygen atoms in total. The van der Waals surface area contributed by atoms with Gasteiger partial charge in [0, 0.05) is 5.56 Å². The number of ether oxygens (including phenoxy) is 10. The standard InChI is InChI=1S/C34H52O14S/c1-31-2-8-34(9-3-31)49(36,37)48-29-27-46-25-23-44-21-19-42-17-15-40-13-11-38-10-12-39-14-16-41-18-20-43-22-24-45-26-28-47-33-6-4-32(30-35)5-7-33/h2-9,30H,10-29H2,1H3. The molecular formula is C34H52O14S. The number of carbonyl (C=O) groups is 1. The van der Waals surface area contributed by atoms with Crippen molar-refractivity contribution in [3.63, 3.8) is 0 Å². The van der Waals surface area contributed by atoms with Gasteiger partial charge in [-0.05, 0) is 43.3 Å². The summed E-state index contributed by atoms with van der Waals surface area (Å²) in [4.78, 5) is 10.8. The summed E-state index contributed by atoms with van der Waals surface area (Å²) in [5.41, 5.74) is 1.58. The normalized spacial score (nSPS) is 11.6. The second-order valence-electron chi connectivity index (χ2n) is 10.1. The third-order valence-corrected chi connectivity index (χ3v) is 7.59. The maximum absolute atomic E-state index is 12.1. The van der Waals surface area contributed by atoms with Crippen LogP contribution in [0.4, 0.5) is 0 Å². The predicted octanol–water partition coefficient (Wildman–Crippen LogP) is 2.74. The fourth-order valence-corrected chi connectivity index (χ4v) is 4.59. The zero-order valence-corrected chi connectivity index (χ0v) is 29.3. The van der Waals surface area contributed by atoms with Crippen LogP contribution in [0.15, 0.2) is 53.4 Å². The van der Waals surface area contributed by atoms with Crippen molar-refractivity contribution in [1.29, 1.82) is 0 Å². The quantitative estimate of drug-likeness (QED) is 0.0593. The summed E-state index contributed by atoms with van der Waals surface area (Å²) in [5, 5.41) is 0. The van der Waals surface area contributed by atoms with E-state index in [0.29, 0.717) is 130 Å². The highest BCUT2D eigenvalue weighted by Crippen LogP contribution is 2.13. The van der Waals surface area contributed by atoms with Crippen molar-refractivity contribution in [2.45, 2.75) is 11.8 Å². The van der Waals surface area contributed by atoms with Crippen LogP contribution < -0.4 is 4.74 Å². The van der Waals surface area contributed by atoms with Crippen molar-refractivity contribution >= 4 is 16.4 Å². The molecule has 0 unspecified atom stereocenters. The Morgan fingerprint density at radius 1 is 0.449 bits per heavy atom. The molecule has 2 aromatic rings. The number of aryl methyl sites for hydroxylation is 1. The first-order valence-corrected chi connectivity index (χ1v) is 17.8. The van der Waals surface area contributed by atoms with Gasteiger partial charge in [0.15, 0.2) is 0 Å². The van der Waals surface area contributed by atoms with Crippen LogP contribution >= 0.6 is 0 Å². The molecule has 49 heavy (non-hydrogen) atoms. The summed E-state index contributed by atoms with van der Waals surface area (Å²) in [6.07, 6.45) is 0.792. The Balaban J connectivity index is 1.19. The van der Waals surface area contributed by atoms with Crippen molar-refractivity contribution in [2.24, 2.45) is 0 Å². The third-order valence-electron chi connectivity index (χ3n) is 6.26. The molecule has 15 heteroatoms. The molecule has 0 aliphatic carbocycles. The summed E-state index contributed by atoms with van der Waals surface area (Å²) in [5.74, 6) is 0.696. The van der Waals surface area contributed by atoms with E-state index >= 15 is 0 Å². The first-order valence-electron chi connectivity index (χ1n) is 16.3. The molecule has 0 aliphatic heterocycles. The molecular weight excluding hydrogens is 664 g/mol. The Hall–Kier alpha value is -2.54. The monoisotopic (exact) mass is 716 g/mol. The average Bonchev–Trinajstić information content (AvgIpc) is 3.11. The van der Waals surface area contributed by atoms with Gasteiger partial charge in [-0.25, -0.2) is 0 Å². The van der Waals surface area contributed by atoms with E-state index in [2.05, 4.69) is 0 Å². The van der Waals surface area contributed by atoms with Gasteiger partial charge in [-0.1, -0.05) is 17.7 Å². The zero-order valence-electron chi connectivity index (χ0n) is 28.5. The number of aldehydes is 1. The molecule has 0 atom stereocenters. The zero-order chi connectivity index (χ0) is 35.1. The SMILES string of the molecule is Cc1ccc(S(=O)(=O)OCCOCCOCCOCCOCCOCCOCCOCCOCCOCCOc2ccc(C=O)cc2)cc1. The Kier molecular flexibility index (Phi) is 25.4. The van der Waals surface area contributed by atoms with Gasteiger partial charge in [0.25, 0.3) is 10.1 Å². The Morgan fingerprint density at radius 2 is 0.776 bits per heavy atom. The van der Waals surface area contributed by atoms with Gasteiger partial charge in [0.1, 0.15) is 18.6 Å². The molecule has 0 fully saturated rings. The predicted molar refractivity (Wildman–Crippen MR) is 179 cm³/mol. The van der Waals surface area contributed by atoms with Crippen LogP contribution in [0.1, 0.15) is 15.9 Å². The maximum atomic E-state index is 12.1. The van der Waals surface area contributed by atoms with Crippen molar-refractivity contribution in [3.05, 3.63) is 59.7 Å². The van der Waals surface area contributed by atoms with Crippen molar-refractivity contribution < 1.29 is 64.8 Å². The molecule has 0 N–H and O–H groups in total. The van der Waals surface area contributed by atoms with E-state index in [9.17, 15) is 13.2 Å². The topological polar surface area (TPSA) is 153 Å². The van der Waals surface area contributed by atoms with E-state index in [0.717, 1.165) is 11.8 Å². The summed E-state index contributed by atoms with van der Waals surface area (Å²) in [6, 6.07) is 13.4. The molecule has 0 heterocycles. The number of rotatable bonds is 34. The molecule has 0 aromatic heterocycles. The largest absolute Gasteiger partial charge is 0.491 e. The first kappa shape index (κ1) is 42.6. The van der Waals surface area contributed by atoms with E-state index in [4.69, 9.17) is 51.6 Å². The van der Waals surface area contributed by atoms with Crippen molar-refractivity contribution in [3.8, 4) is 5.75 Å². The first-order chi connectivity index (χ1) is 24.0. The van der Waals surface area contributed by atoms with Crippen molar-refractivity contribution in [1.82, 2.24) is 0 Å². The van der Waals surface area contributed by atoms with Crippen LogP contribution in [0.25, 0.3) is 0 Å². The highest BCUT2D eigenvalue weighted by Gasteiger charge is 2.14. The van der Waals surface area contributed by atoms with Gasteiger partial charge in [-0.2, -0.15) is 8.42 Å². The van der Waals surface area contributed by atoms with Crippen LogP contribution in [-0.4, -0.2) is 147 Å². The number of carbonyl (C=O) groups excluding carboxylic acids is 1. The molecule has 278 valence electrons. The van der Waals surface area contributed by atoms with E-state index in [1.807, 2.05) is 6.92 Å². The van der Waals surface area contributed by atoms with E-state index in [1.54, 1.807) is 36.4 Å². The number of hydrogen-bond acceptors (Lipinski definition) is 14. The molecule has 0 spiro atoms. The molecule has 2 aromatic carbocycles. The lowest BCUT2D eigenvalue weighted by atomic mass is 10.2. The van der Waals surface area contributed by atoms with Gasteiger partial charge in [-0.3, -0.25) is 8.98 Å². The lowest BCUT2D eigenvalue weighted by molar-refractivity contribution is -0.0257. The molecule has 0 radical (unpaired) electrons. The minimum Gasteiger partial charge on any atom is -0.491 e. The Bertz CT molecular complexity index is 1160. The molecule has 0 saturated heterocycles. The van der Waals surface area contributed by atoms with E-state index in [-0.39, 0.29) is 18.1 Å². The van der Waals surface area contributed by atoms with Gasteiger partial charge >= 0.3 is 0 Å². The van der Waals surface area contributed by atoms with Gasteiger partial charge in [-0.15, -0.1) is 0 Å². The summed E-state index contributed by atoms with van der Waals surface area (Å²) >= 11 is 0. The van der Waals surface area contributed by atoms with Crippen LogP contribution in [0.2, 0.25) is 0 Å². The van der Waals surface area contributed by atoms with Crippen LogP contribution in [0.5, 0.6) is 5.75 Å². The number of hydrogen-bond donors (Lipinski definition) is 0. The smallest absolute Gasteiger partial charge is 0.297 e. The lowest BCUT2D eigenvalue weighted by Gasteiger charge is -2.09. The van der Waals surface area contributed by atoms with Crippen molar-refractivity contribution in [2.75, 3.05) is 132 Å². The second-order valence-corrected chi connectivity index (χ2v) is 11.8. The van der Waals surface area contributed by atoms with E-state index in [1.165, 1.54) is 12.1 Å². The highest BCUT2D eigenvalue weighted by molar-refractivity contribution is 7.86. The minimum absolute atomic E-state index is 0.0634. The Labute approximate surface area is 290 Å². The summed E-state index contributed by atoms with van der Waals surface area (Å²) in [6.45, 7) is 10.0. The van der Waals surface area contributed by atoms with Crippen LogP contribution in [-0.2, 0) is 56.9 Å². The molecule has 0 aliphatic rings. The molecule has 0 amide bonds. The lowest BCUT2D eigenvalue weighted by Crippen LogP contribution is -2.16. The average molecular weight is 717 g/mol. The highest BCUT2D eigenvalue weighted by atomic mass is 32.2. The van der Waals surface area contributed by atoms with E-state index < -0.39 is 10.1 Å². The Morgan fingerprint density at radius 3 is 1.12 bits per heavy atom. The third kappa shape index (κ3) is 23.5. The maximum Gasteiger partial charge on any atom is 0.297 e. The molecule has 0 saturated carbocycles. The second kappa shape index (κ2) is 29.2. The molecule has 2 rings (SSSR count). The van der Waals surface area contributed by atoms with Crippen LogP contribution in [0.3, 0.4) is 0 Å². The van der Waals surface area contributed by atoms with Crippen LogP contribution in [0, 0.1) is 6.92 Å².